The van der Waals surface area contributed by atoms with Gasteiger partial charge < -0.3 is 15.3 Å². The molecule has 0 bridgehead atoms. The number of aliphatic hydroxyl groups excluding tert-OH is 1. The number of nitrogens with one attached hydrogen (secondary N) is 1. The van der Waals surface area contributed by atoms with Gasteiger partial charge in [-0.3, -0.25) is 0 Å². The molecule has 1 aromatic rings. The number of carbonyl (C=O) groups excluding carboxylic acids is 1. The number of hydrogen-bond acceptors (Lipinski definition) is 2. The molecule has 0 aliphatic heterocycles. The third kappa shape index (κ3) is 4.91. The van der Waals surface area contributed by atoms with E-state index < -0.39 is 0 Å². The maximum Gasteiger partial charge on any atom is 0.317 e. The van der Waals surface area contributed by atoms with E-state index in [1.165, 1.54) is 10.5 Å². The maximum absolute atomic E-state index is 11.6. The van der Waals surface area contributed by atoms with Crippen molar-refractivity contribution >= 4 is 6.03 Å². The second-order valence-electron chi connectivity index (χ2n) is 5.75. The second-order valence-corrected chi connectivity index (χ2v) is 5.75. The fourth-order valence-electron chi connectivity index (χ4n) is 1.69. The van der Waals surface area contributed by atoms with E-state index in [1.807, 2.05) is 12.1 Å². The van der Waals surface area contributed by atoms with Crippen LogP contribution in [0, 0.1) is 0 Å². The first kappa shape index (κ1) is 15.5. The lowest BCUT2D eigenvalue weighted by atomic mass is 9.87. The summed E-state index contributed by atoms with van der Waals surface area (Å²) in [5, 5.41) is 11.6. The molecule has 1 aromatic carbocycles. The van der Waals surface area contributed by atoms with Gasteiger partial charge in [0.1, 0.15) is 0 Å². The van der Waals surface area contributed by atoms with Gasteiger partial charge in [-0.2, -0.15) is 0 Å². The molecule has 0 aromatic heterocycles. The number of aliphatic hydroxyl groups is 1. The first-order chi connectivity index (χ1) is 8.84. The maximum atomic E-state index is 11.6. The summed E-state index contributed by atoms with van der Waals surface area (Å²) in [7, 11) is 1.66. The Morgan fingerprint density at radius 3 is 2.32 bits per heavy atom. The number of amides is 2. The van der Waals surface area contributed by atoms with E-state index >= 15 is 0 Å². The van der Waals surface area contributed by atoms with E-state index in [0.717, 1.165) is 5.56 Å². The summed E-state index contributed by atoms with van der Waals surface area (Å²) in [6.45, 7) is 7.34. The largest absolute Gasteiger partial charge is 0.395 e. The summed E-state index contributed by atoms with van der Waals surface area (Å²) in [6.07, 6.45) is 0. The molecule has 106 valence electrons. The minimum Gasteiger partial charge on any atom is -0.395 e. The molecule has 4 nitrogen and oxygen atoms in total. The third-order valence-corrected chi connectivity index (χ3v) is 3.05. The highest BCUT2D eigenvalue weighted by molar-refractivity contribution is 5.73. The van der Waals surface area contributed by atoms with Crippen LogP contribution in [0.3, 0.4) is 0 Å². The van der Waals surface area contributed by atoms with Crippen molar-refractivity contribution in [1.82, 2.24) is 10.2 Å². The minimum absolute atomic E-state index is 0.0236. The molecule has 0 aliphatic rings. The first-order valence-corrected chi connectivity index (χ1v) is 6.54. The Bertz CT molecular complexity index is 407. The van der Waals surface area contributed by atoms with Crippen LogP contribution in [-0.4, -0.2) is 36.2 Å². The number of urea groups is 1. The summed E-state index contributed by atoms with van der Waals surface area (Å²) in [6, 6.07) is 8.09. The van der Waals surface area contributed by atoms with Crippen LogP contribution in [0.25, 0.3) is 0 Å². The van der Waals surface area contributed by atoms with Crippen LogP contribution in [0.5, 0.6) is 0 Å². The highest BCUT2D eigenvalue weighted by Gasteiger charge is 2.13. The molecule has 2 amide bonds. The zero-order valence-corrected chi connectivity index (χ0v) is 12.2. The molecule has 19 heavy (non-hydrogen) atoms. The van der Waals surface area contributed by atoms with Crippen LogP contribution >= 0.6 is 0 Å². The Morgan fingerprint density at radius 1 is 1.26 bits per heavy atom. The Hall–Kier alpha value is -1.55. The van der Waals surface area contributed by atoms with Gasteiger partial charge in [0.25, 0.3) is 0 Å². The van der Waals surface area contributed by atoms with Crippen LogP contribution in [0.15, 0.2) is 24.3 Å². The van der Waals surface area contributed by atoms with Crippen LogP contribution in [0.1, 0.15) is 31.9 Å². The molecule has 0 unspecified atom stereocenters. The summed E-state index contributed by atoms with van der Waals surface area (Å²) in [5.41, 5.74) is 2.49. The van der Waals surface area contributed by atoms with Gasteiger partial charge in [-0.15, -0.1) is 0 Å². The van der Waals surface area contributed by atoms with E-state index in [1.54, 1.807) is 7.05 Å². The zero-order chi connectivity index (χ0) is 14.5. The Kier molecular flexibility index (Phi) is 5.36. The first-order valence-electron chi connectivity index (χ1n) is 6.54. The second kappa shape index (κ2) is 6.57. The topological polar surface area (TPSA) is 52.6 Å². The molecule has 0 radical (unpaired) electrons. The number of hydrogen-bond donors (Lipinski definition) is 2. The van der Waals surface area contributed by atoms with Gasteiger partial charge in [0.2, 0.25) is 0 Å². The summed E-state index contributed by atoms with van der Waals surface area (Å²) in [4.78, 5) is 13.1. The van der Waals surface area contributed by atoms with Crippen molar-refractivity contribution in [2.45, 2.75) is 32.7 Å². The minimum atomic E-state index is -0.172. The molecule has 0 atom stereocenters. The molecular weight excluding hydrogens is 240 g/mol. The van der Waals surface area contributed by atoms with Crippen LogP contribution in [0.4, 0.5) is 4.79 Å². The van der Waals surface area contributed by atoms with Gasteiger partial charge in [0.05, 0.1) is 6.61 Å². The standard InChI is InChI=1S/C15H24N2O2/c1-15(2,3)13-7-5-12(6-8-13)11-16-14(19)17(4)9-10-18/h5-8,18H,9-11H2,1-4H3,(H,16,19). The Morgan fingerprint density at radius 2 is 1.84 bits per heavy atom. The zero-order valence-electron chi connectivity index (χ0n) is 12.2. The van der Waals surface area contributed by atoms with Crippen molar-refractivity contribution in [3.05, 3.63) is 35.4 Å². The molecule has 0 fully saturated rings. The van der Waals surface area contributed by atoms with Crippen LogP contribution in [-0.2, 0) is 12.0 Å². The molecule has 0 saturated carbocycles. The summed E-state index contributed by atoms with van der Waals surface area (Å²) >= 11 is 0. The van der Waals surface area contributed by atoms with E-state index in [4.69, 9.17) is 5.11 Å². The third-order valence-electron chi connectivity index (χ3n) is 3.05. The Labute approximate surface area is 115 Å². The highest BCUT2D eigenvalue weighted by Crippen LogP contribution is 2.22. The fourth-order valence-corrected chi connectivity index (χ4v) is 1.69. The van der Waals surface area contributed by atoms with Crippen LogP contribution in [0.2, 0.25) is 0 Å². The predicted octanol–water partition coefficient (Wildman–Crippen LogP) is 2.12. The normalized spacial score (nSPS) is 11.2. The van der Waals surface area contributed by atoms with Crippen molar-refractivity contribution in [1.29, 1.82) is 0 Å². The van der Waals surface area contributed by atoms with Crippen molar-refractivity contribution in [3.63, 3.8) is 0 Å². The number of rotatable bonds is 4. The summed E-state index contributed by atoms with van der Waals surface area (Å²) in [5.74, 6) is 0. The average Bonchev–Trinajstić information content (AvgIpc) is 2.35. The number of likely N-dealkylation sites (N-methyl/N-ethyl adjacent to an activating group) is 1. The summed E-state index contributed by atoms with van der Waals surface area (Å²) < 4.78 is 0. The van der Waals surface area contributed by atoms with Crippen molar-refractivity contribution in [2.24, 2.45) is 0 Å². The molecule has 0 aliphatic carbocycles. The van der Waals surface area contributed by atoms with Gasteiger partial charge in [-0.1, -0.05) is 45.0 Å². The number of nitrogens with zero attached hydrogens (tertiary/aromatic N) is 1. The van der Waals surface area contributed by atoms with Crippen molar-refractivity contribution < 1.29 is 9.90 Å². The number of carbonyl (C=O) groups is 1. The van der Waals surface area contributed by atoms with Gasteiger partial charge in [-0.05, 0) is 16.5 Å². The Balaban J connectivity index is 2.53. The van der Waals surface area contributed by atoms with E-state index in [-0.39, 0.29) is 18.1 Å². The fraction of sp³-hybridized carbons (Fsp3) is 0.533. The number of benzene rings is 1. The lowest BCUT2D eigenvalue weighted by molar-refractivity contribution is 0.190. The molecule has 1 rings (SSSR count). The lowest BCUT2D eigenvalue weighted by Gasteiger charge is -2.19. The lowest BCUT2D eigenvalue weighted by Crippen LogP contribution is -2.38. The molecule has 0 heterocycles. The van der Waals surface area contributed by atoms with E-state index in [9.17, 15) is 4.79 Å². The van der Waals surface area contributed by atoms with Gasteiger partial charge >= 0.3 is 6.03 Å². The molecule has 0 saturated heterocycles. The highest BCUT2D eigenvalue weighted by atomic mass is 16.3. The SMILES string of the molecule is CN(CCO)C(=O)NCc1ccc(C(C)(C)C)cc1. The van der Waals surface area contributed by atoms with Crippen molar-refractivity contribution in [2.75, 3.05) is 20.2 Å². The smallest absolute Gasteiger partial charge is 0.317 e. The predicted molar refractivity (Wildman–Crippen MR) is 77.1 cm³/mol. The van der Waals surface area contributed by atoms with E-state index in [0.29, 0.717) is 13.1 Å². The molecule has 0 spiro atoms. The molecule has 2 N–H and O–H groups in total. The van der Waals surface area contributed by atoms with Crippen LogP contribution < -0.4 is 5.32 Å². The quantitative estimate of drug-likeness (QED) is 0.875. The van der Waals surface area contributed by atoms with Gasteiger partial charge in [-0.25, -0.2) is 4.79 Å². The van der Waals surface area contributed by atoms with Gasteiger partial charge in [0.15, 0.2) is 0 Å². The van der Waals surface area contributed by atoms with Crippen molar-refractivity contribution in [3.8, 4) is 0 Å². The molecular formula is C15H24N2O2. The van der Waals surface area contributed by atoms with E-state index in [2.05, 4.69) is 38.2 Å². The average molecular weight is 264 g/mol. The van der Waals surface area contributed by atoms with Gasteiger partial charge in [0, 0.05) is 20.1 Å². The molecule has 4 heteroatoms. The monoisotopic (exact) mass is 264 g/mol.